The summed E-state index contributed by atoms with van der Waals surface area (Å²) in [6, 6.07) is 7.86. The third kappa shape index (κ3) is 6.29. The molecule has 1 aromatic carbocycles. The summed E-state index contributed by atoms with van der Waals surface area (Å²) in [6.07, 6.45) is 0.950. The molecule has 1 aromatic rings. The Morgan fingerprint density at radius 2 is 2.18 bits per heavy atom. The zero-order valence-electron chi connectivity index (χ0n) is 10.3. The first-order valence-electron chi connectivity index (χ1n) is 5.73. The van der Waals surface area contributed by atoms with Gasteiger partial charge in [-0.2, -0.15) is 0 Å². The molecule has 0 unspecified atom stereocenters. The summed E-state index contributed by atoms with van der Waals surface area (Å²) >= 11 is 9.15. The maximum atomic E-state index is 5.74. The van der Waals surface area contributed by atoms with Gasteiger partial charge in [0.2, 0.25) is 0 Å². The molecular weight excluding hydrogens is 302 g/mol. The van der Waals surface area contributed by atoms with Crippen molar-refractivity contribution in [2.45, 2.75) is 25.8 Å². The Morgan fingerprint density at radius 3 is 2.82 bits per heavy atom. The maximum Gasteiger partial charge on any atom is 0.120 e. The van der Waals surface area contributed by atoms with Crippen molar-refractivity contribution in [3.8, 4) is 5.75 Å². The van der Waals surface area contributed by atoms with Crippen LogP contribution in [0.15, 0.2) is 28.7 Å². The first-order valence-corrected chi connectivity index (χ1v) is 7.06. The molecule has 4 heteroatoms. The predicted octanol–water partition coefficient (Wildman–Crippen LogP) is 3.83. The molecule has 17 heavy (non-hydrogen) atoms. The van der Waals surface area contributed by atoms with Crippen LogP contribution in [-0.2, 0) is 0 Å². The quantitative estimate of drug-likeness (QED) is 0.609. The summed E-state index contributed by atoms with van der Waals surface area (Å²) in [5, 5.41) is 3.42. The lowest BCUT2D eigenvalue weighted by Gasteiger charge is -2.25. The number of ether oxygens (including phenoxy) is 1. The zero-order chi connectivity index (χ0) is 12.7. The Bertz CT molecular complexity index is 344. The van der Waals surface area contributed by atoms with Crippen molar-refractivity contribution in [3.63, 3.8) is 0 Å². The average Bonchev–Trinajstić information content (AvgIpc) is 2.24. The van der Waals surface area contributed by atoms with Gasteiger partial charge in [-0.15, -0.1) is 11.6 Å². The topological polar surface area (TPSA) is 21.3 Å². The van der Waals surface area contributed by atoms with Crippen LogP contribution in [0.1, 0.15) is 20.3 Å². The van der Waals surface area contributed by atoms with Crippen molar-refractivity contribution in [3.05, 3.63) is 28.7 Å². The van der Waals surface area contributed by atoms with Gasteiger partial charge in [-0.1, -0.05) is 22.0 Å². The van der Waals surface area contributed by atoms with E-state index in [2.05, 4.69) is 35.1 Å². The normalized spacial score (nSPS) is 11.5. The maximum absolute atomic E-state index is 5.74. The molecule has 0 aliphatic carbocycles. The smallest absolute Gasteiger partial charge is 0.120 e. The van der Waals surface area contributed by atoms with Gasteiger partial charge in [-0.25, -0.2) is 0 Å². The minimum atomic E-state index is 0.0718. The molecule has 0 radical (unpaired) electrons. The Labute approximate surface area is 117 Å². The highest BCUT2D eigenvalue weighted by atomic mass is 79.9. The Morgan fingerprint density at radius 1 is 1.41 bits per heavy atom. The van der Waals surface area contributed by atoms with Gasteiger partial charge < -0.3 is 10.1 Å². The van der Waals surface area contributed by atoms with Gasteiger partial charge in [0.05, 0.1) is 0 Å². The van der Waals surface area contributed by atoms with Crippen LogP contribution in [0, 0.1) is 0 Å². The number of nitrogens with one attached hydrogen (secondary N) is 1. The first-order chi connectivity index (χ1) is 8.03. The van der Waals surface area contributed by atoms with Gasteiger partial charge in [-0.05, 0) is 38.5 Å². The van der Waals surface area contributed by atoms with Crippen molar-refractivity contribution in [2.24, 2.45) is 0 Å². The SMILES string of the molecule is CC(C)(CCCl)NCCOc1cccc(Br)c1. The largest absolute Gasteiger partial charge is 0.492 e. The Balaban J connectivity index is 2.24. The number of halogens is 2. The van der Waals surface area contributed by atoms with Crippen LogP contribution in [-0.4, -0.2) is 24.6 Å². The lowest BCUT2D eigenvalue weighted by atomic mass is 10.0. The molecule has 0 spiro atoms. The lowest BCUT2D eigenvalue weighted by Crippen LogP contribution is -2.41. The molecule has 1 rings (SSSR count). The molecule has 0 saturated heterocycles. The first kappa shape index (κ1) is 14.8. The van der Waals surface area contributed by atoms with Gasteiger partial charge in [0.1, 0.15) is 12.4 Å². The molecule has 0 aliphatic rings. The lowest BCUT2D eigenvalue weighted by molar-refractivity contribution is 0.281. The molecule has 96 valence electrons. The standard InChI is InChI=1S/C13H19BrClNO/c1-13(2,6-7-15)16-8-9-17-12-5-3-4-11(14)10-12/h3-5,10,16H,6-9H2,1-2H3. The Hall–Kier alpha value is -0.250. The fraction of sp³-hybridized carbons (Fsp3) is 0.538. The van der Waals surface area contributed by atoms with E-state index in [0.717, 1.165) is 23.2 Å². The fourth-order valence-electron chi connectivity index (χ4n) is 1.44. The predicted molar refractivity (Wildman–Crippen MR) is 77.1 cm³/mol. The molecule has 0 aromatic heterocycles. The number of rotatable bonds is 7. The van der Waals surface area contributed by atoms with Gasteiger partial charge in [-0.3, -0.25) is 0 Å². The van der Waals surface area contributed by atoms with Gasteiger partial charge in [0, 0.05) is 22.4 Å². The molecule has 0 heterocycles. The highest BCUT2D eigenvalue weighted by Crippen LogP contribution is 2.17. The average molecular weight is 321 g/mol. The van der Waals surface area contributed by atoms with Crippen LogP contribution >= 0.6 is 27.5 Å². The van der Waals surface area contributed by atoms with Crippen molar-refractivity contribution in [2.75, 3.05) is 19.0 Å². The third-order valence-electron chi connectivity index (χ3n) is 2.49. The van der Waals surface area contributed by atoms with Gasteiger partial charge in [0.25, 0.3) is 0 Å². The van der Waals surface area contributed by atoms with E-state index in [9.17, 15) is 0 Å². The van der Waals surface area contributed by atoms with Gasteiger partial charge in [0.15, 0.2) is 0 Å². The number of alkyl halides is 1. The van der Waals surface area contributed by atoms with E-state index in [1.807, 2.05) is 24.3 Å². The monoisotopic (exact) mass is 319 g/mol. The van der Waals surface area contributed by atoms with E-state index >= 15 is 0 Å². The zero-order valence-corrected chi connectivity index (χ0v) is 12.6. The molecule has 0 atom stereocenters. The van der Waals surface area contributed by atoms with E-state index < -0.39 is 0 Å². The van der Waals surface area contributed by atoms with Crippen molar-refractivity contribution < 1.29 is 4.74 Å². The van der Waals surface area contributed by atoms with E-state index in [0.29, 0.717) is 12.5 Å². The van der Waals surface area contributed by atoms with E-state index in [1.165, 1.54) is 0 Å². The summed E-state index contributed by atoms with van der Waals surface area (Å²) in [5.41, 5.74) is 0.0718. The Kier molecular flexibility index (Phi) is 6.31. The molecular formula is C13H19BrClNO. The minimum absolute atomic E-state index is 0.0718. The molecule has 0 amide bonds. The summed E-state index contributed by atoms with van der Waals surface area (Å²) in [5.74, 6) is 1.56. The molecule has 2 nitrogen and oxygen atoms in total. The fourth-order valence-corrected chi connectivity index (χ4v) is 2.29. The van der Waals surface area contributed by atoms with Crippen LogP contribution in [0.25, 0.3) is 0 Å². The highest BCUT2D eigenvalue weighted by Gasteiger charge is 2.15. The summed E-state index contributed by atoms with van der Waals surface area (Å²) in [4.78, 5) is 0. The van der Waals surface area contributed by atoms with Crippen LogP contribution in [0.3, 0.4) is 0 Å². The number of benzene rings is 1. The van der Waals surface area contributed by atoms with E-state index in [4.69, 9.17) is 16.3 Å². The molecule has 0 aliphatic heterocycles. The molecule has 0 fully saturated rings. The highest BCUT2D eigenvalue weighted by molar-refractivity contribution is 9.10. The number of hydrogen-bond acceptors (Lipinski definition) is 2. The van der Waals surface area contributed by atoms with Crippen molar-refractivity contribution >= 4 is 27.5 Å². The third-order valence-corrected chi connectivity index (χ3v) is 3.17. The van der Waals surface area contributed by atoms with Gasteiger partial charge >= 0.3 is 0 Å². The second kappa shape index (κ2) is 7.24. The molecule has 1 N–H and O–H groups in total. The van der Waals surface area contributed by atoms with Crippen LogP contribution < -0.4 is 10.1 Å². The van der Waals surface area contributed by atoms with Crippen molar-refractivity contribution in [1.29, 1.82) is 0 Å². The molecule has 0 saturated carbocycles. The second-order valence-electron chi connectivity index (χ2n) is 4.56. The minimum Gasteiger partial charge on any atom is -0.492 e. The van der Waals surface area contributed by atoms with Crippen LogP contribution in [0.2, 0.25) is 0 Å². The second-order valence-corrected chi connectivity index (χ2v) is 5.85. The summed E-state index contributed by atoms with van der Waals surface area (Å²) in [7, 11) is 0. The van der Waals surface area contributed by atoms with Crippen LogP contribution in [0.4, 0.5) is 0 Å². The summed E-state index contributed by atoms with van der Waals surface area (Å²) in [6.45, 7) is 5.77. The van der Waals surface area contributed by atoms with Crippen molar-refractivity contribution in [1.82, 2.24) is 5.32 Å². The molecule has 0 bridgehead atoms. The van der Waals surface area contributed by atoms with E-state index in [1.54, 1.807) is 0 Å². The summed E-state index contributed by atoms with van der Waals surface area (Å²) < 4.78 is 6.67. The van der Waals surface area contributed by atoms with Crippen LogP contribution in [0.5, 0.6) is 5.75 Å². The van der Waals surface area contributed by atoms with E-state index in [-0.39, 0.29) is 5.54 Å². The number of hydrogen-bond donors (Lipinski definition) is 1.